The molecule has 1 aromatic carbocycles. The van der Waals surface area contributed by atoms with Gasteiger partial charge in [0.05, 0.1) is 11.1 Å². The molecular weight excluding hydrogens is 245 g/mol. The van der Waals surface area contributed by atoms with Crippen LogP contribution in [0.3, 0.4) is 0 Å². The lowest BCUT2D eigenvalue weighted by atomic mass is 10.4. The molecule has 2 aromatic rings. The lowest BCUT2D eigenvalue weighted by molar-refractivity contribution is 0.599. The Hall–Kier alpha value is -2.02. The summed E-state index contributed by atoms with van der Waals surface area (Å²) in [7, 11) is -3.75. The molecule has 0 aliphatic heterocycles. The van der Waals surface area contributed by atoms with Gasteiger partial charge in [-0.3, -0.25) is 9.71 Å². The summed E-state index contributed by atoms with van der Waals surface area (Å²) in [6.07, 6.45) is 4.07. The Morgan fingerprint density at radius 1 is 1.12 bits per heavy atom. The molecular formula is C10H8FN3O2S. The standard InChI is InChI=1S/C10H8FN3O2S/c11-8-1-3-9(4-2-8)17(15,16)14-10-7-12-5-6-13-10/h1-7H,(H,13,14). The average Bonchev–Trinajstić information content (AvgIpc) is 2.30. The van der Waals surface area contributed by atoms with Gasteiger partial charge in [0.15, 0.2) is 5.82 Å². The molecule has 1 heterocycles. The third-order valence-electron chi connectivity index (χ3n) is 1.93. The molecule has 0 atom stereocenters. The van der Waals surface area contributed by atoms with Gasteiger partial charge >= 0.3 is 0 Å². The topological polar surface area (TPSA) is 72.0 Å². The van der Waals surface area contributed by atoms with Crippen LogP contribution in [0.2, 0.25) is 0 Å². The van der Waals surface area contributed by atoms with Crippen LogP contribution in [0.4, 0.5) is 10.2 Å². The van der Waals surface area contributed by atoms with Crippen LogP contribution < -0.4 is 4.72 Å². The maximum atomic E-state index is 12.7. The second kappa shape index (κ2) is 4.46. The molecule has 0 saturated carbocycles. The number of hydrogen-bond donors (Lipinski definition) is 1. The fourth-order valence-electron chi connectivity index (χ4n) is 1.16. The number of benzene rings is 1. The normalized spacial score (nSPS) is 11.1. The monoisotopic (exact) mass is 253 g/mol. The summed E-state index contributed by atoms with van der Waals surface area (Å²) in [5, 5.41) is 0. The number of halogens is 1. The summed E-state index contributed by atoms with van der Waals surface area (Å²) in [6.45, 7) is 0. The van der Waals surface area contributed by atoms with E-state index in [-0.39, 0.29) is 10.7 Å². The van der Waals surface area contributed by atoms with Crippen molar-refractivity contribution in [3.05, 3.63) is 48.7 Å². The van der Waals surface area contributed by atoms with Gasteiger partial charge in [-0.1, -0.05) is 0 Å². The van der Waals surface area contributed by atoms with Gasteiger partial charge in [-0.2, -0.15) is 0 Å². The lowest BCUT2D eigenvalue weighted by Gasteiger charge is -2.06. The largest absolute Gasteiger partial charge is 0.263 e. The molecule has 7 heteroatoms. The van der Waals surface area contributed by atoms with E-state index in [9.17, 15) is 12.8 Å². The number of aromatic nitrogens is 2. The Labute approximate surface area is 97.4 Å². The van der Waals surface area contributed by atoms with E-state index < -0.39 is 15.8 Å². The maximum Gasteiger partial charge on any atom is 0.263 e. The highest BCUT2D eigenvalue weighted by atomic mass is 32.2. The second-order valence-corrected chi connectivity index (χ2v) is 4.83. The fourth-order valence-corrected chi connectivity index (χ4v) is 2.16. The molecule has 0 unspecified atom stereocenters. The van der Waals surface area contributed by atoms with E-state index in [1.165, 1.54) is 30.7 Å². The van der Waals surface area contributed by atoms with Gasteiger partial charge in [0.1, 0.15) is 5.82 Å². The molecule has 0 aliphatic carbocycles. The highest BCUT2D eigenvalue weighted by Crippen LogP contribution is 2.13. The van der Waals surface area contributed by atoms with E-state index in [1.54, 1.807) is 0 Å². The predicted octanol–water partition coefficient (Wildman–Crippen LogP) is 1.42. The highest BCUT2D eigenvalue weighted by molar-refractivity contribution is 7.92. The van der Waals surface area contributed by atoms with Crippen molar-refractivity contribution < 1.29 is 12.8 Å². The molecule has 5 nitrogen and oxygen atoms in total. The van der Waals surface area contributed by atoms with Crippen LogP contribution in [0.15, 0.2) is 47.8 Å². The summed E-state index contributed by atoms with van der Waals surface area (Å²) in [5.41, 5.74) is 0. The van der Waals surface area contributed by atoms with Crippen LogP contribution >= 0.6 is 0 Å². The van der Waals surface area contributed by atoms with Crippen molar-refractivity contribution in [2.75, 3.05) is 4.72 Å². The van der Waals surface area contributed by atoms with E-state index >= 15 is 0 Å². The maximum absolute atomic E-state index is 12.7. The molecule has 1 aromatic heterocycles. The van der Waals surface area contributed by atoms with E-state index in [0.717, 1.165) is 12.1 Å². The minimum atomic E-state index is -3.75. The third kappa shape index (κ3) is 2.76. The molecule has 0 spiro atoms. The van der Waals surface area contributed by atoms with Gasteiger partial charge in [-0.05, 0) is 24.3 Å². The number of nitrogens with one attached hydrogen (secondary N) is 1. The van der Waals surface area contributed by atoms with Crippen LogP contribution in [-0.4, -0.2) is 18.4 Å². The number of hydrogen-bond acceptors (Lipinski definition) is 4. The minimum Gasteiger partial charge on any atom is -0.262 e. The number of anilines is 1. The quantitative estimate of drug-likeness (QED) is 0.897. The van der Waals surface area contributed by atoms with E-state index in [1.807, 2.05) is 0 Å². The molecule has 0 amide bonds. The first-order valence-electron chi connectivity index (χ1n) is 4.62. The first-order valence-corrected chi connectivity index (χ1v) is 6.11. The van der Waals surface area contributed by atoms with Gasteiger partial charge < -0.3 is 0 Å². The molecule has 17 heavy (non-hydrogen) atoms. The Morgan fingerprint density at radius 3 is 2.41 bits per heavy atom. The van der Waals surface area contributed by atoms with Gasteiger partial charge in [0.25, 0.3) is 10.0 Å². The number of sulfonamides is 1. The first kappa shape index (κ1) is 11.5. The fraction of sp³-hybridized carbons (Fsp3) is 0. The zero-order valence-electron chi connectivity index (χ0n) is 8.54. The molecule has 1 N–H and O–H groups in total. The van der Waals surface area contributed by atoms with E-state index in [0.29, 0.717) is 0 Å². The van der Waals surface area contributed by atoms with Crippen LogP contribution in [-0.2, 0) is 10.0 Å². The van der Waals surface area contributed by atoms with Crippen LogP contribution in [0.5, 0.6) is 0 Å². The smallest absolute Gasteiger partial charge is 0.262 e. The molecule has 0 fully saturated rings. The Balaban J connectivity index is 2.29. The Morgan fingerprint density at radius 2 is 1.82 bits per heavy atom. The predicted molar refractivity (Wildman–Crippen MR) is 59.2 cm³/mol. The van der Waals surface area contributed by atoms with Crippen molar-refractivity contribution in [1.29, 1.82) is 0 Å². The second-order valence-electron chi connectivity index (χ2n) is 3.15. The van der Waals surface area contributed by atoms with Gasteiger partial charge in [-0.15, -0.1) is 0 Å². The molecule has 2 rings (SSSR count). The zero-order valence-corrected chi connectivity index (χ0v) is 9.36. The SMILES string of the molecule is O=S(=O)(Nc1cnccn1)c1ccc(F)cc1. The van der Waals surface area contributed by atoms with Gasteiger partial charge in [-0.25, -0.2) is 17.8 Å². The third-order valence-corrected chi connectivity index (χ3v) is 3.30. The van der Waals surface area contributed by atoms with Gasteiger partial charge in [0.2, 0.25) is 0 Å². The zero-order chi connectivity index (χ0) is 12.3. The highest BCUT2D eigenvalue weighted by Gasteiger charge is 2.14. The number of nitrogens with zero attached hydrogens (tertiary/aromatic N) is 2. The first-order chi connectivity index (χ1) is 8.08. The van der Waals surface area contributed by atoms with Crippen molar-refractivity contribution >= 4 is 15.8 Å². The molecule has 0 bridgehead atoms. The Bertz CT molecular complexity index is 599. The summed E-state index contributed by atoms with van der Waals surface area (Å²) < 4.78 is 38.5. The summed E-state index contributed by atoms with van der Waals surface area (Å²) in [6, 6.07) is 4.50. The van der Waals surface area contributed by atoms with Crippen LogP contribution in [0.1, 0.15) is 0 Å². The summed E-state index contributed by atoms with van der Waals surface area (Å²) >= 11 is 0. The van der Waals surface area contributed by atoms with Crippen molar-refractivity contribution in [3.8, 4) is 0 Å². The molecule has 88 valence electrons. The summed E-state index contributed by atoms with van der Waals surface area (Å²) in [4.78, 5) is 7.47. The van der Waals surface area contributed by atoms with Crippen LogP contribution in [0, 0.1) is 5.82 Å². The number of rotatable bonds is 3. The Kier molecular flexibility index (Phi) is 3.01. The lowest BCUT2D eigenvalue weighted by Crippen LogP contribution is -2.13. The molecule has 0 saturated heterocycles. The molecule has 0 aliphatic rings. The van der Waals surface area contributed by atoms with Crippen molar-refractivity contribution in [1.82, 2.24) is 9.97 Å². The van der Waals surface area contributed by atoms with Crippen LogP contribution in [0.25, 0.3) is 0 Å². The summed E-state index contributed by atoms with van der Waals surface area (Å²) in [5.74, 6) is -0.389. The average molecular weight is 253 g/mol. The van der Waals surface area contributed by atoms with Crippen molar-refractivity contribution in [2.24, 2.45) is 0 Å². The minimum absolute atomic E-state index is 0.0375. The van der Waals surface area contributed by atoms with Gasteiger partial charge in [0, 0.05) is 12.4 Å². The molecule has 0 radical (unpaired) electrons. The van der Waals surface area contributed by atoms with Crippen molar-refractivity contribution in [2.45, 2.75) is 4.90 Å². The van der Waals surface area contributed by atoms with Crippen molar-refractivity contribution in [3.63, 3.8) is 0 Å². The van der Waals surface area contributed by atoms with E-state index in [2.05, 4.69) is 14.7 Å². The van der Waals surface area contributed by atoms with E-state index in [4.69, 9.17) is 0 Å².